The van der Waals surface area contributed by atoms with Crippen molar-refractivity contribution in [2.75, 3.05) is 6.61 Å². The van der Waals surface area contributed by atoms with Gasteiger partial charge in [-0.3, -0.25) is 0 Å². The third kappa shape index (κ3) is 9.61. The van der Waals surface area contributed by atoms with Crippen LogP contribution in [0, 0.1) is 0 Å². The van der Waals surface area contributed by atoms with E-state index in [0.717, 1.165) is 0 Å². The highest BCUT2D eigenvalue weighted by Crippen LogP contribution is 2.19. The average Bonchev–Trinajstić information content (AvgIpc) is 1.98. The van der Waals surface area contributed by atoms with Crippen LogP contribution in [0.15, 0.2) is 12.2 Å². The van der Waals surface area contributed by atoms with Crippen molar-refractivity contribution < 1.29 is 14.9 Å². The van der Waals surface area contributed by atoms with Gasteiger partial charge in [-0.15, -0.1) is 0 Å². The predicted octanol–water partition coefficient (Wildman–Crippen LogP) is 1.19. The van der Waals surface area contributed by atoms with E-state index in [4.69, 9.17) is 18.1 Å². The summed E-state index contributed by atoms with van der Waals surface area (Å²) in [4.78, 5) is 0. The van der Waals surface area contributed by atoms with E-state index < -0.39 is 11.2 Å². The van der Waals surface area contributed by atoms with Crippen molar-refractivity contribution in [1.29, 1.82) is 0 Å². The summed E-state index contributed by atoms with van der Waals surface area (Å²) in [6.45, 7) is 8.90. The zero-order chi connectivity index (χ0) is 11.8. The van der Waals surface area contributed by atoms with Crippen molar-refractivity contribution >= 4 is 7.85 Å². The summed E-state index contributed by atoms with van der Waals surface area (Å²) in [7, 11) is 4.91. The monoisotopic (exact) mass is 200 g/mol. The third-order valence-corrected chi connectivity index (χ3v) is 1.84. The lowest BCUT2D eigenvalue weighted by Gasteiger charge is -2.31. The minimum atomic E-state index is -1.01. The predicted molar refractivity (Wildman–Crippen MR) is 59.1 cm³/mol. The molecule has 0 aromatic rings. The molecule has 4 heteroatoms. The Morgan fingerprint density at radius 2 is 1.50 bits per heavy atom. The van der Waals surface area contributed by atoms with Gasteiger partial charge in [-0.1, -0.05) is 5.98 Å². The Hall–Kier alpha value is -0.475. The molecule has 0 unspecified atom stereocenters. The van der Waals surface area contributed by atoms with E-state index in [-0.39, 0.29) is 0 Å². The molecular formula is C10H21BO3. The van der Waals surface area contributed by atoms with Crippen LogP contribution in [0.25, 0.3) is 0 Å². The quantitative estimate of drug-likeness (QED) is 0.531. The maximum Gasteiger partial charge on any atom is 0.107 e. The maximum absolute atomic E-state index is 9.10. The van der Waals surface area contributed by atoms with Gasteiger partial charge in [0, 0.05) is 0 Å². The Morgan fingerprint density at radius 1 is 1.14 bits per heavy atom. The number of ether oxygens (including phenoxy) is 1. The van der Waals surface area contributed by atoms with Crippen molar-refractivity contribution in [2.24, 2.45) is 0 Å². The topological polar surface area (TPSA) is 49.7 Å². The minimum Gasteiger partial charge on any atom is -0.503 e. The van der Waals surface area contributed by atoms with E-state index in [1.165, 1.54) is 12.2 Å². The largest absolute Gasteiger partial charge is 0.503 e. The lowest BCUT2D eigenvalue weighted by atomic mass is 9.90. The Morgan fingerprint density at radius 3 is 1.57 bits per heavy atom. The van der Waals surface area contributed by atoms with Gasteiger partial charge < -0.3 is 14.9 Å². The van der Waals surface area contributed by atoms with Crippen LogP contribution in [-0.2, 0) is 4.74 Å². The second-order valence-corrected chi connectivity index (χ2v) is 3.90. The summed E-state index contributed by atoms with van der Waals surface area (Å²) in [5, 5.41) is 18.2. The first kappa shape index (κ1) is 16.0. The Balaban J connectivity index is 0. The summed E-state index contributed by atoms with van der Waals surface area (Å²) in [6.07, 6.45) is 1.46. The SMILES string of the molecule is CC(C)(O)C(C)(C)O.[B]/C=C/OCC. The van der Waals surface area contributed by atoms with Crippen LogP contribution in [0.2, 0.25) is 0 Å². The highest BCUT2D eigenvalue weighted by Gasteiger charge is 2.31. The summed E-state index contributed by atoms with van der Waals surface area (Å²) in [5.74, 6) is 1.36. The Kier molecular flexibility index (Phi) is 7.88. The molecule has 3 nitrogen and oxygen atoms in total. The molecule has 82 valence electrons. The summed E-state index contributed by atoms with van der Waals surface area (Å²) in [5.41, 5.74) is -2.01. The summed E-state index contributed by atoms with van der Waals surface area (Å²) in [6, 6.07) is 0. The van der Waals surface area contributed by atoms with Gasteiger partial charge in [-0.05, 0) is 34.6 Å². The zero-order valence-corrected chi connectivity index (χ0v) is 9.74. The molecule has 2 N–H and O–H groups in total. The van der Waals surface area contributed by atoms with E-state index in [1.807, 2.05) is 6.92 Å². The molecule has 0 saturated heterocycles. The van der Waals surface area contributed by atoms with Gasteiger partial charge in [0.15, 0.2) is 0 Å². The fourth-order valence-corrected chi connectivity index (χ4v) is 0.152. The van der Waals surface area contributed by atoms with E-state index in [2.05, 4.69) is 4.74 Å². The molecule has 0 bridgehead atoms. The molecular weight excluding hydrogens is 179 g/mol. The van der Waals surface area contributed by atoms with Crippen molar-refractivity contribution in [1.82, 2.24) is 0 Å². The van der Waals surface area contributed by atoms with Crippen LogP contribution in [0.1, 0.15) is 34.6 Å². The molecule has 2 radical (unpaired) electrons. The van der Waals surface area contributed by atoms with Gasteiger partial charge >= 0.3 is 0 Å². The van der Waals surface area contributed by atoms with Gasteiger partial charge in [-0.2, -0.15) is 0 Å². The normalized spacial score (nSPS) is 12.2. The fourth-order valence-electron chi connectivity index (χ4n) is 0.152. The third-order valence-electron chi connectivity index (χ3n) is 1.84. The molecule has 0 aliphatic rings. The molecule has 14 heavy (non-hydrogen) atoms. The van der Waals surface area contributed by atoms with Crippen LogP contribution in [0.3, 0.4) is 0 Å². The highest BCUT2D eigenvalue weighted by atomic mass is 16.5. The van der Waals surface area contributed by atoms with Gasteiger partial charge in [-0.25, -0.2) is 0 Å². The van der Waals surface area contributed by atoms with E-state index in [9.17, 15) is 0 Å². The minimum absolute atomic E-state index is 0.688. The lowest BCUT2D eigenvalue weighted by molar-refractivity contribution is -0.107. The van der Waals surface area contributed by atoms with Crippen LogP contribution >= 0.6 is 0 Å². The van der Waals surface area contributed by atoms with Crippen molar-refractivity contribution in [2.45, 2.75) is 45.8 Å². The van der Waals surface area contributed by atoms with Gasteiger partial charge in [0.1, 0.15) is 7.85 Å². The smallest absolute Gasteiger partial charge is 0.107 e. The Labute approximate surface area is 88.2 Å². The van der Waals surface area contributed by atoms with Crippen LogP contribution in [-0.4, -0.2) is 35.9 Å². The average molecular weight is 200 g/mol. The summed E-state index contributed by atoms with van der Waals surface area (Å²) < 4.78 is 4.68. The fraction of sp³-hybridized carbons (Fsp3) is 0.800. The van der Waals surface area contributed by atoms with Gasteiger partial charge in [0.05, 0.1) is 24.1 Å². The first-order chi connectivity index (χ1) is 6.16. The molecule has 0 saturated carbocycles. The number of hydrogen-bond acceptors (Lipinski definition) is 3. The molecule has 0 aliphatic carbocycles. The van der Waals surface area contributed by atoms with E-state index >= 15 is 0 Å². The number of aliphatic hydroxyl groups is 2. The second-order valence-electron chi connectivity index (χ2n) is 3.90. The number of hydrogen-bond donors (Lipinski definition) is 2. The second kappa shape index (κ2) is 6.90. The van der Waals surface area contributed by atoms with Crippen molar-refractivity contribution in [3.8, 4) is 0 Å². The molecule has 0 fully saturated rings. The Bertz CT molecular complexity index is 142. The molecule has 0 aromatic heterocycles. The van der Waals surface area contributed by atoms with Crippen LogP contribution in [0.5, 0.6) is 0 Å². The van der Waals surface area contributed by atoms with E-state index in [1.54, 1.807) is 27.7 Å². The van der Waals surface area contributed by atoms with Crippen molar-refractivity contribution in [3.63, 3.8) is 0 Å². The highest BCUT2D eigenvalue weighted by molar-refractivity contribution is 6.16. The van der Waals surface area contributed by atoms with Gasteiger partial charge in [0.25, 0.3) is 0 Å². The van der Waals surface area contributed by atoms with Crippen LogP contribution in [0.4, 0.5) is 0 Å². The molecule has 0 atom stereocenters. The molecule has 0 heterocycles. The van der Waals surface area contributed by atoms with Gasteiger partial charge in [0.2, 0.25) is 0 Å². The van der Waals surface area contributed by atoms with Crippen molar-refractivity contribution in [3.05, 3.63) is 12.2 Å². The molecule has 0 spiro atoms. The lowest BCUT2D eigenvalue weighted by Crippen LogP contribution is -2.44. The molecule has 0 amide bonds. The first-order valence-corrected chi connectivity index (χ1v) is 4.60. The number of rotatable bonds is 3. The maximum atomic E-state index is 9.10. The first-order valence-electron chi connectivity index (χ1n) is 4.60. The standard InChI is InChI=1S/C6H14O2.C4H7BO/c1-5(2,7)6(3,4)8;1-2-6-4-3-5/h7-8H,1-4H3;3-4H,2H2,1H3/b;4-3+. The summed E-state index contributed by atoms with van der Waals surface area (Å²) >= 11 is 0. The molecule has 0 aliphatic heterocycles. The molecule has 0 rings (SSSR count). The zero-order valence-electron chi connectivity index (χ0n) is 9.74. The van der Waals surface area contributed by atoms with E-state index in [0.29, 0.717) is 6.61 Å². The molecule has 0 aromatic carbocycles. The van der Waals surface area contributed by atoms with Crippen LogP contribution < -0.4 is 0 Å².